The highest BCUT2D eigenvalue weighted by Gasteiger charge is 2.14. The molecule has 0 aliphatic heterocycles. The van der Waals surface area contributed by atoms with Crippen molar-refractivity contribution in [2.45, 2.75) is 34.1 Å². The van der Waals surface area contributed by atoms with Crippen LogP contribution in [0.15, 0.2) is 24.0 Å². The van der Waals surface area contributed by atoms with Crippen LogP contribution in [0.3, 0.4) is 0 Å². The standard InChI is InChI=1S/C18H27N3/c1-7-9-15-13-21(6)18(12-19)16(15)10-11-20(5)17(8-2)14(3)4/h7-9,13-14H,10-11H2,1-6H3/b9-7+,17-8-. The van der Waals surface area contributed by atoms with Crippen LogP contribution in [0.1, 0.15) is 44.5 Å². The first kappa shape index (κ1) is 17.1. The molecule has 0 radical (unpaired) electrons. The molecule has 0 aliphatic carbocycles. The third-order valence-electron chi connectivity index (χ3n) is 3.80. The second-order valence-electron chi connectivity index (χ2n) is 5.67. The lowest BCUT2D eigenvalue weighted by Crippen LogP contribution is -2.24. The fraction of sp³-hybridized carbons (Fsp3) is 0.500. The van der Waals surface area contributed by atoms with Crippen molar-refractivity contribution in [3.05, 3.63) is 40.9 Å². The molecule has 21 heavy (non-hydrogen) atoms. The van der Waals surface area contributed by atoms with E-state index in [9.17, 15) is 5.26 Å². The van der Waals surface area contributed by atoms with E-state index in [0.717, 1.165) is 29.8 Å². The molecule has 0 amide bonds. The summed E-state index contributed by atoms with van der Waals surface area (Å²) in [6.45, 7) is 9.42. The largest absolute Gasteiger partial charge is 0.378 e. The molecule has 1 aromatic heterocycles. The smallest absolute Gasteiger partial charge is 0.123 e. The number of aryl methyl sites for hydroxylation is 1. The van der Waals surface area contributed by atoms with E-state index in [0.29, 0.717) is 5.92 Å². The summed E-state index contributed by atoms with van der Waals surface area (Å²) >= 11 is 0. The maximum atomic E-state index is 9.37. The van der Waals surface area contributed by atoms with Crippen LogP contribution < -0.4 is 0 Å². The van der Waals surface area contributed by atoms with E-state index in [4.69, 9.17) is 0 Å². The van der Waals surface area contributed by atoms with Gasteiger partial charge in [0.1, 0.15) is 11.8 Å². The zero-order valence-corrected chi connectivity index (χ0v) is 14.1. The molecular weight excluding hydrogens is 258 g/mol. The molecule has 0 aliphatic rings. The summed E-state index contributed by atoms with van der Waals surface area (Å²) in [4.78, 5) is 2.29. The summed E-state index contributed by atoms with van der Waals surface area (Å²) in [7, 11) is 4.06. The first-order valence-corrected chi connectivity index (χ1v) is 7.54. The van der Waals surface area contributed by atoms with Gasteiger partial charge >= 0.3 is 0 Å². The van der Waals surface area contributed by atoms with Crippen molar-refractivity contribution in [3.8, 4) is 6.07 Å². The number of nitrogens with zero attached hydrogens (tertiary/aromatic N) is 3. The van der Waals surface area contributed by atoms with E-state index in [-0.39, 0.29) is 0 Å². The number of hydrogen-bond acceptors (Lipinski definition) is 2. The Balaban J connectivity index is 2.96. The Kier molecular flexibility index (Phi) is 6.30. The quantitative estimate of drug-likeness (QED) is 0.792. The fourth-order valence-electron chi connectivity index (χ4n) is 2.84. The molecule has 0 spiro atoms. The Morgan fingerprint density at radius 3 is 2.57 bits per heavy atom. The maximum Gasteiger partial charge on any atom is 0.123 e. The van der Waals surface area contributed by atoms with Gasteiger partial charge in [0.25, 0.3) is 0 Å². The van der Waals surface area contributed by atoms with Gasteiger partial charge in [0.05, 0.1) is 0 Å². The predicted octanol–water partition coefficient (Wildman–Crippen LogP) is 3.96. The molecule has 0 N–H and O–H groups in total. The summed E-state index contributed by atoms with van der Waals surface area (Å²) in [5.74, 6) is 0.515. The van der Waals surface area contributed by atoms with Crippen molar-refractivity contribution in [2.75, 3.05) is 13.6 Å². The van der Waals surface area contributed by atoms with E-state index < -0.39 is 0 Å². The number of allylic oxidation sites excluding steroid dienone is 3. The lowest BCUT2D eigenvalue weighted by atomic mass is 10.1. The van der Waals surface area contributed by atoms with Gasteiger partial charge in [-0.15, -0.1) is 0 Å². The summed E-state index contributed by atoms with van der Waals surface area (Å²) in [6.07, 6.45) is 9.19. The van der Waals surface area contributed by atoms with Crippen molar-refractivity contribution in [3.63, 3.8) is 0 Å². The highest BCUT2D eigenvalue weighted by molar-refractivity contribution is 5.57. The fourth-order valence-corrected chi connectivity index (χ4v) is 2.84. The predicted molar refractivity (Wildman–Crippen MR) is 89.8 cm³/mol. The SMILES string of the molecule is C/C=C(/C(C)C)N(C)CCc1c(/C=C/C)cn(C)c1C#N. The van der Waals surface area contributed by atoms with E-state index in [1.165, 1.54) is 5.70 Å². The van der Waals surface area contributed by atoms with Gasteiger partial charge in [-0.2, -0.15) is 5.26 Å². The van der Waals surface area contributed by atoms with Crippen molar-refractivity contribution in [2.24, 2.45) is 13.0 Å². The average molecular weight is 285 g/mol. The molecule has 0 saturated carbocycles. The van der Waals surface area contributed by atoms with Gasteiger partial charge in [0.2, 0.25) is 0 Å². The molecule has 1 aromatic rings. The average Bonchev–Trinajstić information content (AvgIpc) is 2.72. The van der Waals surface area contributed by atoms with Gasteiger partial charge in [-0.1, -0.05) is 32.1 Å². The maximum absolute atomic E-state index is 9.37. The second kappa shape index (κ2) is 7.73. The summed E-state index contributed by atoms with van der Waals surface area (Å²) in [5.41, 5.74) is 4.40. The minimum Gasteiger partial charge on any atom is -0.378 e. The lowest BCUT2D eigenvalue weighted by molar-refractivity contribution is 0.377. The Morgan fingerprint density at radius 2 is 2.10 bits per heavy atom. The Bertz CT molecular complexity index is 568. The number of rotatable bonds is 6. The molecular formula is C18H27N3. The van der Waals surface area contributed by atoms with Crippen LogP contribution in [0.5, 0.6) is 0 Å². The minimum atomic E-state index is 0.515. The molecule has 3 nitrogen and oxygen atoms in total. The van der Waals surface area contributed by atoms with E-state index in [2.05, 4.69) is 50.9 Å². The zero-order chi connectivity index (χ0) is 16.0. The topological polar surface area (TPSA) is 32.0 Å². The molecule has 0 bridgehead atoms. The van der Waals surface area contributed by atoms with Crippen molar-refractivity contribution in [1.82, 2.24) is 9.47 Å². The first-order chi connectivity index (χ1) is 9.96. The third kappa shape index (κ3) is 4.01. The Labute approximate surface area is 129 Å². The van der Waals surface area contributed by atoms with Gasteiger partial charge in [0, 0.05) is 32.5 Å². The second-order valence-corrected chi connectivity index (χ2v) is 5.67. The molecule has 0 saturated heterocycles. The highest BCUT2D eigenvalue weighted by Crippen LogP contribution is 2.20. The minimum absolute atomic E-state index is 0.515. The van der Waals surface area contributed by atoms with Crippen molar-refractivity contribution in [1.29, 1.82) is 5.26 Å². The Morgan fingerprint density at radius 1 is 1.43 bits per heavy atom. The van der Waals surface area contributed by atoms with Crippen molar-refractivity contribution < 1.29 is 0 Å². The number of hydrogen-bond donors (Lipinski definition) is 0. The zero-order valence-electron chi connectivity index (χ0n) is 14.1. The number of likely N-dealkylation sites (N-methyl/N-ethyl adjacent to an activating group) is 1. The normalized spacial score (nSPS) is 12.2. The van der Waals surface area contributed by atoms with Gasteiger partial charge in [0.15, 0.2) is 0 Å². The Hall–Kier alpha value is -1.95. The molecule has 0 fully saturated rings. The third-order valence-corrected chi connectivity index (χ3v) is 3.80. The van der Waals surface area contributed by atoms with Crippen molar-refractivity contribution >= 4 is 6.08 Å². The van der Waals surface area contributed by atoms with Crippen LogP contribution in [0, 0.1) is 17.2 Å². The van der Waals surface area contributed by atoms with Crippen LogP contribution in [-0.2, 0) is 13.5 Å². The van der Waals surface area contributed by atoms with Crippen LogP contribution in [0.4, 0.5) is 0 Å². The molecule has 1 heterocycles. The molecule has 0 atom stereocenters. The number of nitriles is 1. The van der Waals surface area contributed by atoms with Gasteiger partial charge < -0.3 is 9.47 Å². The molecule has 0 unspecified atom stereocenters. The molecule has 1 rings (SSSR count). The van der Waals surface area contributed by atoms with Crippen LogP contribution >= 0.6 is 0 Å². The first-order valence-electron chi connectivity index (χ1n) is 7.54. The van der Waals surface area contributed by atoms with Crippen LogP contribution in [0.2, 0.25) is 0 Å². The van der Waals surface area contributed by atoms with Crippen LogP contribution in [-0.4, -0.2) is 23.1 Å². The van der Waals surface area contributed by atoms with E-state index >= 15 is 0 Å². The van der Waals surface area contributed by atoms with E-state index in [1.54, 1.807) is 0 Å². The lowest BCUT2D eigenvalue weighted by Gasteiger charge is -2.25. The molecule has 0 aromatic carbocycles. The van der Waals surface area contributed by atoms with Gasteiger partial charge in [-0.3, -0.25) is 0 Å². The summed E-state index contributed by atoms with van der Waals surface area (Å²) < 4.78 is 1.92. The van der Waals surface area contributed by atoms with Gasteiger partial charge in [-0.05, 0) is 37.3 Å². The molecule has 114 valence electrons. The molecule has 3 heteroatoms. The monoisotopic (exact) mass is 285 g/mol. The van der Waals surface area contributed by atoms with E-state index in [1.807, 2.05) is 30.8 Å². The summed E-state index contributed by atoms with van der Waals surface area (Å²) in [6, 6.07) is 2.33. The highest BCUT2D eigenvalue weighted by atomic mass is 15.1. The van der Waals surface area contributed by atoms with Gasteiger partial charge in [-0.25, -0.2) is 0 Å². The van der Waals surface area contributed by atoms with Crippen LogP contribution in [0.25, 0.3) is 6.08 Å². The number of aromatic nitrogens is 1. The summed E-state index contributed by atoms with van der Waals surface area (Å²) in [5, 5.41) is 9.37.